The number of hydrogen-bond acceptors (Lipinski definition) is 4. The average molecular weight is 386 g/mol. The molecule has 2 saturated heterocycles. The lowest BCUT2D eigenvalue weighted by Crippen LogP contribution is -2.40. The van der Waals surface area contributed by atoms with E-state index < -0.39 is 11.9 Å². The Labute approximate surface area is 160 Å². The second kappa shape index (κ2) is 10.5. The minimum Gasteiger partial charge on any atom is -0.483 e. The van der Waals surface area contributed by atoms with E-state index in [0.717, 1.165) is 24.9 Å². The molecule has 2 heterocycles. The van der Waals surface area contributed by atoms with Gasteiger partial charge in [0.15, 0.2) is 11.9 Å². The first-order chi connectivity index (χ1) is 12.4. The van der Waals surface area contributed by atoms with Crippen LogP contribution in [-0.4, -0.2) is 47.4 Å². The van der Waals surface area contributed by atoms with Gasteiger partial charge in [-0.05, 0) is 44.4 Å². The van der Waals surface area contributed by atoms with Gasteiger partial charge in [0.1, 0.15) is 0 Å². The molecular weight excluding hydrogens is 358 g/mol. The van der Waals surface area contributed by atoms with Crippen molar-refractivity contribution in [1.82, 2.24) is 4.90 Å². The number of ether oxygens (including phenoxy) is 2. The van der Waals surface area contributed by atoms with Crippen LogP contribution in [0.2, 0.25) is 5.02 Å². The van der Waals surface area contributed by atoms with Crippen LogP contribution in [0.1, 0.15) is 52.1 Å². The Morgan fingerprint density at radius 1 is 1.38 bits per heavy atom. The Bertz CT molecular complexity index is 593. The van der Waals surface area contributed by atoms with Crippen molar-refractivity contribution >= 4 is 24.0 Å². The van der Waals surface area contributed by atoms with Gasteiger partial charge < -0.3 is 19.5 Å². The second-order valence-corrected chi connectivity index (χ2v) is 6.60. The number of halogens is 1. The predicted molar refractivity (Wildman–Crippen MR) is 100 cm³/mol. The van der Waals surface area contributed by atoms with E-state index in [1.165, 1.54) is 0 Å². The maximum Gasteiger partial charge on any atom is 0.290 e. The summed E-state index contributed by atoms with van der Waals surface area (Å²) in [4.78, 5) is 23.0. The highest BCUT2D eigenvalue weighted by Crippen LogP contribution is 2.35. The minimum absolute atomic E-state index is 0.0167. The van der Waals surface area contributed by atoms with Crippen molar-refractivity contribution in [2.45, 2.75) is 58.5 Å². The van der Waals surface area contributed by atoms with Crippen molar-refractivity contribution in [1.29, 1.82) is 0 Å². The molecule has 2 fully saturated rings. The summed E-state index contributed by atoms with van der Waals surface area (Å²) in [6.07, 6.45) is 1.46. The first-order valence-electron chi connectivity index (χ1n) is 8.83. The lowest BCUT2D eigenvalue weighted by molar-refractivity contribution is -0.160. The number of hydrogen-bond donors (Lipinski definition) is 1. The van der Waals surface area contributed by atoms with Crippen LogP contribution in [0.5, 0.6) is 0 Å². The summed E-state index contributed by atoms with van der Waals surface area (Å²) in [5.74, 6) is -0.658. The fourth-order valence-corrected chi connectivity index (χ4v) is 3.28. The number of amides is 1. The van der Waals surface area contributed by atoms with Crippen LogP contribution < -0.4 is 0 Å². The molecule has 0 aromatic heterocycles. The highest BCUT2D eigenvalue weighted by molar-refractivity contribution is 6.30. The molecule has 1 N–H and O–H groups in total. The van der Waals surface area contributed by atoms with Gasteiger partial charge in [0.25, 0.3) is 12.4 Å². The normalized spacial score (nSPS) is 23.3. The molecule has 7 heteroatoms. The van der Waals surface area contributed by atoms with Gasteiger partial charge >= 0.3 is 0 Å². The van der Waals surface area contributed by atoms with E-state index in [1.54, 1.807) is 0 Å². The zero-order valence-corrected chi connectivity index (χ0v) is 16.5. The third-order valence-corrected chi connectivity index (χ3v) is 4.29. The van der Waals surface area contributed by atoms with Crippen molar-refractivity contribution in [2.24, 2.45) is 0 Å². The average Bonchev–Trinajstić information content (AvgIpc) is 3.23. The smallest absolute Gasteiger partial charge is 0.290 e. The van der Waals surface area contributed by atoms with Crippen LogP contribution in [0.25, 0.3) is 0 Å². The van der Waals surface area contributed by atoms with Crippen molar-refractivity contribution < 1.29 is 24.2 Å². The van der Waals surface area contributed by atoms with Gasteiger partial charge in [0, 0.05) is 11.6 Å². The molecule has 2 aliphatic heterocycles. The highest BCUT2D eigenvalue weighted by Gasteiger charge is 2.41. The van der Waals surface area contributed by atoms with Crippen molar-refractivity contribution in [3.8, 4) is 0 Å². The lowest BCUT2D eigenvalue weighted by Gasteiger charge is -2.27. The summed E-state index contributed by atoms with van der Waals surface area (Å²) in [5, 5.41) is 7.59. The Kier molecular flexibility index (Phi) is 9.05. The van der Waals surface area contributed by atoms with E-state index in [2.05, 4.69) is 0 Å². The molecule has 3 rings (SSSR count). The van der Waals surface area contributed by atoms with E-state index in [4.69, 9.17) is 31.0 Å². The number of carboxylic acid groups (broad SMARTS) is 1. The molecule has 6 nitrogen and oxygen atoms in total. The number of rotatable bonds is 2. The van der Waals surface area contributed by atoms with E-state index in [-0.39, 0.29) is 18.4 Å². The largest absolute Gasteiger partial charge is 0.483 e. The monoisotopic (exact) mass is 385 g/mol. The predicted octanol–water partition coefficient (Wildman–Crippen LogP) is 3.88. The van der Waals surface area contributed by atoms with Gasteiger partial charge in [0.05, 0.1) is 12.6 Å². The van der Waals surface area contributed by atoms with Gasteiger partial charge in [-0.1, -0.05) is 37.6 Å². The molecule has 0 spiro atoms. The number of carbonyl (C=O) groups excluding carboxylic acids is 1. The number of likely N-dealkylation sites (tertiary alicyclic amines) is 1. The Morgan fingerprint density at radius 3 is 2.58 bits per heavy atom. The third-order valence-electron chi connectivity index (χ3n) is 4.05. The zero-order chi connectivity index (χ0) is 19.7. The molecule has 0 bridgehead atoms. The molecule has 2 aliphatic rings. The van der Waals surface area contributed by atoms with E-state index in [1.807, 2.05) is 56.9 Å². The van der Waals surface area contributed by atoms with Gasteiger partial charge in [-0.15, -0.1) is 0 Å². The fourth-order valence-electron chi connectivity index (χ4n) is 3.08. The van der Waals surface area contributed by atoms with Gasteiger partial charge in [-0.25, -0.2) is 0 Å². The summed E-state index contributed by atoms with van der Waals surface area (Å²) < 4.78 is 11.2. The molecule has 1 aromatic rings. The fraction of sp³-hybridized carbons (Fsp3) is 0.579. The van der Waals surface area contributed by atoms with Crippen molar-refractivity contribution in [3.05, 3.63) is 34.9 Å². The summed E-state index contributed by atoms with van der Waals surface area (Å²) in [7, 11) is 0. The Hall–Kier alpha value is -1.63. The molecule has 0 radical (unpaired) electrons. The summed E-state index contributed by atoms with van der Waals surface area (Å²) >= 11 is 6.07. The molecule has 0 aliphatic carbocycles. The molecule has 1 unspecified atom stereocenters. The summed E-state index contributed by atoms with van der Waals surface area (Å²) in [6.45, 7) is 8.50. The first kappa shape index (κ1) is 22.4. The molecule has 1 aromatic carbocycles. The molecular formula is C19H28ClNO5. The summed E-state index contributed by atoms with van der Waals surface area (Å²) in [5.41, 5.74) is 1.09. The zero-order valence-electron chi connectivity index (χ0n) is 15.8. The third kappa shape index (κ3) is 5.97. The Morgan fingerprint density at radius 2 is 2.04 bits per heavy atom. The van der Waals surface area contributed by atoms with E-state index >= 15 is 0 Å². The van der Waals surface area contributed by atoms with Crippen LogP contribution in [-0.2, 0) is 19.1 Å². The van der Waals surface area contributed by atoms with Gasteiger partial charge in [-0.3, -0.25) is 9.59 Å². The molecule has 1 amide bonds. The first-order valence-corrected chi connectivity index (χ1v) is 9.21. The maximum absolute atomic E-state index is 12.7. The van der Waals surface area contributed by atoms with Gasteiger partial charge in [-0.2, -0.15) is 0 Å². The highest BCUT2D eigenvalue weighted by atomic mass is 35.5. The summed E-state index contributed by atoms with van der Waals surface area (Å²) in [6, 6.07) is 7.83. The van der Waals surface area contributed by atoms with Crippen LogP contribution in [0.15, 0.2) is 24.3 Å². The molecule has 0 saturated carbocycles. The molecule has 146 valence electrons. The lowest BCUT2D eigenvalue weighted by atomic mass is 10.0. The maximum atomic E-state index is 12.7. The minimum atomic E-state index is -0.675. The molecule has 2 atom stereocenters. The topological polar surface area (TPSA) is 76.1 Å². The van der Waals surface area contributed by atoms with Crippen LogP contribution in [0.3, 0.4) is 0 Å². The van der Waals surface area contributed by atoms with Crippen LogP contribution in [0, 0.1) is 0 Å². The SMILES string of the molecule is CC.CC1(C)OC[C@H](C(=O)N2CCCC2c2cccc(Cl)c2)O1.O=CO. The number of benzene rings is 1. The number of carbonyl (C=O) groups is 2. The van der Waals surface area contributed by atoms with Gasteiger partial charge in [0.2, 0.25) is 0 Å². The van der Waals surface area contributed by atoms with E-state index in [0.29, 0.717) is 11.6 Å². The van der Waals surface area contributed by atoms with Crippen LogP contribution in [0.4, 0.5) is 0 Å². The van der Waals surface area contributed by atoms with Crippen LogP contribution >= 0.6 is 11.6 Å². The number of nitrogens with zero attached hydrogens (tertiary/aromatic N) is 1. The van der Waals surface area contributed by atoms with E-state index in [9.17, 15) is 4.79 Å². The second-order valence-electron chi connectivity index (χ2n) is 6.17. The van der Waals surface area contributed by atoms with Crippen molar-refractivity contribution in [3.63, 3.8) is 0 Å². The molecule has 26 heavy (non-hydrogen) atoms. The Balaban J connectivity index is 0.000000615. The van der Waals surface area contributed by atoms with Crippen molar-refractivity contribution in [2.75, 3.05) is 13.2 Å². The quantitative estimate of drug-likeness (QED) is 0.782. The standard InChI is InChI=1S/C16H20ClNO3.C2H6.CH2O2/c1-16(2)20-10-14(21-16)15(19)18-8-4-7-13(18)11-5-3-6-12(17)9-11;1-2;2-1-3/h3,5-6,9,13-14H,4,7-8,10H2,1-2H3;1-2H3;1H,(H,2,3)/t13?,14-;;/m1../s1.